The van der Waals surface area contributed by atoms with E-state index >= 15 is 0 Å². The van der Waals surface area contributed by atoms with Gasteiger partial charge in [0.2, 0.25) is 5.91 Å². The zero-order chi connectivity index (χ0) is 26.0. The van der Waals surface area contributed by atoms with Gasteiger partial charge in [0, 0.05) is 11.9 Å². The quantitative estimate of drug-likeness (QED) is 0.230. The normalized spacial score (nSPS) is 11.6. The van der Waals surface area contributed by atoms with Crippen LogP contribution in [0.15, 0.2) is 67.1 Å². The number of aromatic nitrogens is 3. The van der Waals surface area contributed by atoms with E-state index in [-0.39, 0.29) is 13.2 Å². The second kappa shape index (κ2) is 12.8. The van der Waals surface area contributed by atoms with E-state index in [0.717, 1.165) is 12.1 Å². The molecule has 4 aromatic rings. The number of ether oxygens (including phenoxy) is 2. The lowest BCUT2D eigenvalue weighted by Gasteiger charge is -2.15. The molecular formula is C27H28ClN5O4. The van der Waals surface area contributed by atoms with Crippen LogP contribution in [-0.2, 0) is 11.4 Å². The van der Waals surface area contributed by atoms with Gasteiger partial charge in [-0.2, -0.15) is 0 Å². The molecule has 1 unspecified atom stereocenters. The summed E-state index contributed by atoms with van der Waals surface area (Å²) in [5.74, 6) is 1.24. The Morgan fingerprint density at radius 2 is 1.95 bits per heavy atom. The predicted octanol–water partition coefficient (Wildman–Crippen LogP) is 4.66. The maximum Gasteiger partial charge on any atom is 0.248 e. The van der Waals surface area contributed by atoms with Crippen LogP contribution in [0.5, 0.6) is 11.5 Å². The van der Waals surface area contributed by atoms with Gasteiger partial charge in [0.25, 0.3) is 0 Å². The zero-order valence-electron chi connectivity index (χ0n) is 20.4. The summed E-state index contributed by atoms with van der Waals surface area (Å²) < 4.78 is 11.7. The second-order valence-corrected chi connectivity index (χ2v) is 8.60. The third-order valence-electron chi connectivity index (χ3n) is 5.44. The number of carbonyl (C=O) groups is 1. The Bertz CT molecular complexity index is 1330. The molecule has 0 aliphatic rings. The predicted molar refractivity (Wildman–Crippen MR) is 142 cm³/mol. The topological polar surface area (TPSA) is 118 Å². The summed E-state index contributed by atoms with van der Waals surface area (Å²) in [5, 5.41) is 16.9. The van der Waals surface area contributed by atoms with E-state index in [1.165, 1.54) is 6.33 Å². The van der Waals surface area contributed by atoms with Crippen LogP contribution in [0.1, 0.15) is 25.5 Å². The Kier molecular flexibility index (Phi) is 9.07. The van der Waals surface area contributed by atoms with Gasteiger partial charge in [-0.05, 0) is 48.9 Å². The molecule has 0 radical (unpaired) electrons. The van der Waals surface area contributed by atoms with Crippen molar-refractivity contribution < 1.29 is 19.4 Å². The molecule has 0 spiro atoms. The molecule has 4 rings (SSSR count). The van der Waals surface area contributed by atoms with Crippen molar-refractivity contribution in [3.63, 3.8) is 0 Å². The summed E-state index contributed by atoms with van der Waals surface area (Å²) in [4.78, 5) is 24.9. The number of pyridine rings is 1. The number of hydrogen-bond acceptors (Lipinski definition) is 8. The van der Waals surface area contributed by atoms with E-state index in [4.69, 9.17) is 21.1 Å². The monoisotopic (exact) mass is 521 g/mol. The van der Waals surface area contributed by atoms with Gasteiger partial charge >= 0.3 is 0 Å². The third-order valence-corrected chi connectivity index (χ3v) is 5.74. The van der Waals surface area contributed by atoms with E-state index < -0.39 is 12.0 Å². The summed E-state index contributed by atoms with van der Waals surface area (Å²) in [6.45, 7) is 2.68. The standard InChI is InChI=1S/C27H28ClN5O4/c1-2-6-22(34)27(35)30-13-14-36-24-9-5-8-21-25(24)26(32-17-31-21)33-18-10-11-23(20(28)15-18)37-16-19-7-3-4-12-29-19/h3-5,7-12,15,17,22,34H,2,6,13-14,16H2,1H3,(H,30,35)(H,31,32,33). The molecule has 2 aromatic heterocycles. The number of anilines is 2. The highest BCUT2D eigenvalue weighted by atomic mass is 35.5. The van der Waals surface area contributed by atoms with E-state index in [1.807, 2.05) is 49.4 Å². The van der Waals surface area contributed by atoms with Gasteiger partial charge in [0.1, 0.15) is 43.0 Å². The van der Waals surface area contributed by atoms with E-state index in [0.29, 0.717) is 52.0 Å². The Morgan fingerprint density at radius 1 is 1.05 bits per heavy atom. The largest absolute Gasteiger partial charge is 0.491 e. The van der Waals surface area contributed by atoms with Crippen molar-refractivity contribution in [2.24, 2.45) is 0 Å². The molecule has 0 saturated carbocycles. The minimum absolute atomic E-state index is 0.214. The number of nitrogens with one attached hydrogen (secondary N) is 2. The molecule has 0 bridgehead atoms. The van der Waals surface area contributed by atoms with Crippen molar-refractivity contribution in [3.05, 3.63) is 77.8 Å². The summed E-state index contributed by atoms with van der Waals surface area (Å²) in [7, 11) is 0. The van der Waals surface area contributed by atoms with Crippen molar-refractivity contribution in [2.45, 2.75) is 32.5 Å². The first-order chi connectivity index (χ1) is 18.0. The van der Waals surface area contributed by atoms with Crippen molar-refractivity contribution in [3.8, 4) is 11.5 Å². The molecule has 192 valence electrons. The molecule has 0 aliphatic carbocycles. The van der Waals surface area contributed by atoms with Crippen LogP contribution < -0.4 is 20.1 Å². The molecule has 10 heteroatoms. The van der Waals surface area contributed by atoms with Gasteiger partial charge in [-0.3, -0.25) is 9.78 Å². The molecule has 3 N–H and O–H groups in total. The van der Waals surface area contributed by atoms with Crippen LogP contribution in [0, 0.1) is 0 Å². The average Bonchev–Trinajstić information content (AvgIpc) is 2.91. The lowest BCUT2D eigenvalue weighted by Crippen LogP contribution is -2.36. The SMILES string of the molecule is CCCC(O)C(=O)NCCOc1cccc2ncnc(Nc3ccc(OCc4ccccn4)c(Cl)c3)c12. The highest BCUT2D eigenvalue weighted by molar-refractivity contribution is 6.32. The molecule has 9 nitrogen and oxygen atoms in total. The van der Waals surface area contributed by atoms with E-state index in [2.05, 4.69) is 25.6 Å². The molecule has 0 fully saturated rings. The zero-order valence-corrected chi connectivity index (χ0v) is 21.1. The van der Waals surface area contributed by atoms with Crippen molar-refractivity contribution in [2.75, 3.05) is 18.5 Å². The molecule has 0 saturated heterocycles. The molecule has 1 amide bonds. The number of aliphatic hydroxyl groups is 1. The fourth-order valence-corrected chi connectivity index (χ4v) is 3.85. The third kappa shape index (κ3) is 7.05. The molecule has 0 aliphatic heterocycles. The first kappa shape index (κ1) is 26.1. The number of carbonyl (C=O) groups excluding carboxylic acids is 1. The maximum absolute atomic E-state index is 11.9. The van der Waals surface area contributed by atoms with Crippen molar-refractivity contribution >= 4 is 39.9 Å². The first-order valence-electron chi connectivity index (χ1n) is 12.0. The lowest BCUT2D eigenvalue weighted by molar-refractivity contribution is -0.129. The number of aliphatic hydroxyl groups excluding tert-OH is 1. The van der Waals surface area contributed by atoms with Crippen LogP contribution in [-0.4, -0.2) is 45.2 Å². The Labute approximate surface area is 219 Å². The number of fused-ring (bicyclic) bond motifs is 1. The maximum atomic E-state index is 11.9. The van der Waals surface area contributed by atoms with Gasteiger partial charge < -0.3 is 25.2 Å². The highest BCUT2D eigenvalue weighted by Crippen LogP contribution is 2.34. The van der Waals surface area contributed by atoms with Crippen molar-refractivity contribution in [1.82, 2.24) is 20.3 Å². The van der Waals surface area contributed by atoms with E-state index in [1.54, 1.807) is 18.3 Å². The number of rotatable bonds is 12. The number of benzene rings is 2. The van der Waals surface area contributed by atoms with Crippen molar-refractivity contribution in [1.29, 1.82) is 0 Å². The smallest absolute Gasteiger partial charge is 0.248 e. The summed E-state index contributed by atoms with van der Waals surface area (Å²) in [6.07, 6.45) is 3.32. The summed E-state index contributed by atoms with van der Waals surface area (Å²) in [5.41, 5.74) is 2.21. The van der Waals surface area contributed by atoms with Crippen LogP contribution in [0.2, 0.25) is 5.02 Å². The molecule has 37 heavy (non-hydrogen) atoms. The number of halogens is 1. The number of nitrogens with zero attached hydrogens (tertiary/aromatic N) is 3. The minimum atomic E-state index is -1.01. The van der Waals surface area contributed by atoms with Crippen LogP contribution in [0.4, 0.5) is 11.5 Å². The fraction of sp³-hybridized carbons (Fsp3) is 0.259. The molecule has 1 atom stereocenters. The van der Waals surface area contributed by atoms with Crippen LogP contribution in [0.3, 0.4) is 0 Å². The van der Waals surface area contributed by atoms with Gasteiger partial charge in [-0.1, -0.05) is 37.1 Å². The molecular weight excluding hydrogens is 494 g/mol. The first-order valence-corrected chi connectivity index (χ1v) is 12.3. The second-order valence-electron chi connectivity index (χ2n) is 8.20. The van der Waals surface area contributed by atoms with Gasteiger partial charge in [0.05, 0.1) is 28.2 Å². The number of hydrogen-bond donors (Lipinski definition) is 3. The average molecular weight is 522 g/mol. The summed E-state index contributed by atoms with van der Waals surface area (Å²) in [6, 6.07) is 16.5. The lowest BCUT2D eigenvalue weighted by atomic mass is 10.2. The van der Waals surface area contributed by atoms with Gasteiger partial charge in [0.15, 0.2) is 0 Å². The van der Waals surface area contributed by atoms with Crippen LogP contribution in [0.25, 0.3) is 10.9 Å². The molecule has 2 heterocycles. The Hall–Kier alpha value is -3.95. The summed E-state index contributed by atoms with van der Waals surface area (Å²) >= 11 is 6.47. The van der Waals surface area contributed by atoms with Gasteiger partial charge in [-0.25, -0.2) is 9.97 Å². The van der Waals surface area contributed by atoms with Gasteiger partial charge in [-0.15, -0.1) is 0 Å². The van der Waals surface area contributed by atoms with Crippen LogP contribution >= 0.6 is 11.6 Å². The molecule has 2 aromatic carbocycles. The Balaban J connectivity index is 1.44. The minimum Gasteiger partial charge on any atom is -0.491 e. The van der Waals surface area contributed by atoms with E-state index in [9.17, 15) is 9.90 Å². The fourth-order valence-electron chi connectivity index (χ4n) is 3.62. The Morgan fingerprint density at radius 3 is 2.73 bits per heavy atom. The highest BCUT2D eigenvalue weighted by Gasteiger charge is 2.14. The number of amides is 1.